The van der Waals surface area contributed by atoms with Gasteiger partial charge in [-0.05, 0) is 30.3 Å². The number of hydrogen-bond donors (Lipinski definition) is 1. The van der Waals surface area contributed by atoms with E-state index in [2.05, 4.69) is 20.0 Å². The van der Waals surface area contributed by atoms with Crippen molar-refractivity contribution in [3.63, 3.8) is 0 Å². The van der Waals surface area contributed by atoms with Gasteiger partial charge in [-0.3, -0.25) is 14.8 Å². The van der Waals surface area contributed by atoms with Crippen molar-refractivity contribution in [3.05, 3.63) is 60.2 Å². The highest BCUT2D eigenvalue weighted by Gasteiger charge is 2.08. The number of ether oxygens (including phenoxy) is 2. The van der Waals surface area contributed by atoms with Crippen molar-refractivity contribution < 1.29 is 23.9 Å². The largest absolute Gasteiger partial charge is 0.465 e. The maximum atomic E-state index is 11.7. The first-order valence-corrected chi connectivity index (χ1v) is 7.17. The molecule has 1 amide bonds. The zero-order valence-electron chi connectivity index (χ0n) is 13.3. The number of methoxy groups -OCH3 is 1. The number of esters is 2. The normalized spacial score (nSPS) is 10.3. The molecule has 0 unspecified atom stereocenters. The number of hydrogen-bond acceptors (Lipinski definition) is 7. The lowest BCUT2D eigenvalue weighted by molar-refractivity contribution is -0.142. The van der Waals surface area contributed by atoms with Crippen molar-refractivity contribution in [1.29, 1.82) is 0 Å². The zero-order valence-corrected chi connectivity index (χ0v) is 13.3. The molecule has 0 aliphatic heterocycles. The molecule has 1 N–H and O–H groups in total. The second-order valence-corrected chi connectivity index (χ2v) is 4.69. The molecular formula is C17H15N3O5. The topological polar surface area (TPSA) is 107 Å². The van der Waals surface area contributed by atoms with Crippen LogP contribution in [0.4, 0.5) is 5.69 Å². The Morgan fingerprint density at radius 1 is 1.16 bits per heavy atom. The zero-order chi connectivity index (χ0) is 18.1. The Kier molecular flexibility index (Phi) is 6.35. The van der Waals surface area contributed by atoms with E-state index >= 15 is 0 Å². The Morgan fingerprint density at radius 3 is 2.56 bits per heavy atom. The van der Waals surface area contributed by atoms with Crippen LogP contribution < -0.4 is 5.32 Å². The lowest BCUT2D eigenvalue weighted by Crippen LogP contribution is -2.20. The van der Waals surface area contributed by atoms with Crippen molar-refractivity contribution in [2.24, 2.45) is 0 Å². The monoisotopic (exact) mass is 341 g/mol. The van der Waals surface area contributed by atoms with Crippen molar-refractivity contribution in [1.82, 2.24) is 9.97 Å². The van der Waals surface area contributed by atoms with E-state index in [-0.39, 0.29) is 0 Å². The van der Waals surface area contributed by atoms with Crippen molar-refractivity contribution in [2.45, 2.75) is 0 Å². The van der Waals surface area contributed by atoms with Crippen LogP contribution in [-0.2, 0) is 19.1 Å². The Hall–Kier alpha value is -3.55. The maximum Gasteiger partial charge on any atom is 0.337 e. The first-order valence-electron chi connectivity index (χ1n) is 7.17. The summed E-state index contributed by atoms with van der Waals surface area (Å²) in [5, 5.41) is 2.54. The summed E-state index contributed by atoms with van der Waals surface area (Å²) in [6, 6.07) is 6.11. The van der Waals surface area contributed by atoms with Gasteiger partial charge in [-0.2, -0.15) is 0 Å². The molecule has 1 aromatic carbocycles. The van der Waals surface area contributed by atoms with Gasteiger partial charge in [0, 0.05) is 24.2 Å². The van der Waals surface area contributed by atoms with E-state index in [0.29, 0.717) is 16.9 Å². The lowest BCUT2D eigenvalue weighted by atomic mass is 10.2. The van der Waals surface area contributed by atoms with E-state index in [4.69, 9.17) is 4.74 Å². The number of carbonyl (C=O) groups excluding carboxylic acids is 3. The minimum atomic E-state index is -0.679. The summed E-state index contributed by atoms with van der Waals surface area (Å²) in [5.74, 6) is -1.66. The third-order valence-corrected chi connectivity index (χ3v) is 2.91. The minimum absolute atomic E-state index is 0.362. The summed E-state index contributed by atoms with van der Waals surface area (Å²) < 4.78 is 9.40. The molecule has 8 heteroatoms. The van der Waals surface area contributed by atoms with Crippen LogP contribution in [0.15, 0.2) is 48.9 Å². The van der Waals surface area contributed by atoms with E-state index in [1.165, 1.54) is 43.9 Å². The van der Waals surface area contributed by atoms with E-state index < -0.39 is 24.5 Å². The number of carbonyl (C=O) groups is 3. The molecule has 0 spiro atoms. The third-order valence-electron chi connectivity index (χ3n) is 2.91. The van der Waals surface area contributed by atoms with Gasteiger partial charge in [-0.1, -0.05) is 0 Å². The lowest BCUT2D eigenvalue weighted by Gasteiger charge is -2.06. The third kappa shape index (κ3) is 5.87. The van der Waals surface area contributed by atoms with Gasteiger partial charge in [0.1, 0.15) is 0 Å². The molecule has 0 bridgehead atoms. The van der Waals surface area contributed by atoms with Crippen molar-refractivity contribution >= 4 is 29.6 Å². The Bertz CT molecular complexity index is 773. The molecule has 0 aliphatic carbocycles. The number of aromatic nitrogens is 2. The minimum Gasteiger partial charge on any atom is -0.465 e. The summed E-state index contributed by atoms with van der Waals surface area (Å²) >= 11 is 0. The van der Waals surface area contributed by atoms with Crippen molar-refractivity contribution in [3.8, 4) is 0 Å². The van der Waals surface area contributed by atoms with Crippen LogP contribution >= 0.6 is 0 Å². The number of nitrogens with zero attached hydrogens (tertiary/aromatic N) is 2. The number of benzene rings is 1. The molecule has 8 nitrogen and oxygen atoms in total. The number of rotatable bonds is 6. The van der Waals surface area contributed by atoms with Crippen LogP contribution in [0.2, 0.25) is 0 Å². The molecule has 2 rings (SSSR count). The molecular weight excluding hydrogens is 326 g/mol. The predicted molar refractivity (Wildman–Crippen MR) is 88.4 cm³/mol. The van der Waals surface area contributed by atoms with E-state index in [9.17, 15) is 14.4 Å². The first kappa shape index (κ1) is 17.8. The maximum absolute atomic E-state index is 11.7. The highest BCUT2D eigenvalue weighted by molar-refractivity contribution is 5.95. The van der Waals surface area contributed by atoms with Gasteiger partial charge >= 0.3 is 11.9 Å². The number of nitrogens with one attached hydrogen (secondary N) is 1. The summed E-state index contributed by atoms with van der Waals surface area (Å²) in [5.41, 5.74) is 1.32. The highest BCUT2D eigenvalue weighted by Crippen LogP contribution is 2.10. The Labute approximate surface area is 143 Å². The highest BCUT2D eigenvalue weighted by atomic mass is 16.5. The fraction of sp³-hybridized carbons (Fsp3) is 0.118. The van der Waals surface area contributed by atoms with Gasteiger partial charge < -0.3 is 14.8 Å². The molecule has 128 valence electrons. The van der Waals surface area contributed by atoms with Gasteiger partial charge in [0.25, 0.3) is 5.91 Å². The molecule has 2 aromatic rings. The smallest absolute Gasteiger partial charge is 0.337 e. The van der Waals surface area contributed by atoms with E-state index in [0.717, 1.165) is 6.08 Å². The fourth-order valence-electron chi connectivity index (χ4n) is 1.74. The molecule has 1 aromatic heterocycles. The summed E-state index contributed by atoms with van der Waals surface area (Å²) in [6.45, 7) is -0.442. The van der Waals surface area contributed by atoms with Crippen LogP contribution in [0.1, 0.15) is 16.1 Å². The Balaban J connectivity index is 1.79. The number of amides is 1. The van der Waals surface area contributed by atoms with Gasteiger partial charge in [-0.15, -0.1) is 0 Å². The van der Waals surface area contributed by atoms with Crippen molar-refractivity contribution in [2.75, 3.05) is 19.0 Å². The molecule has 0 saturated carbocycles. The van der Waals surface area contributed by atoms with Gasteiger partial charge in [0.05, 0.1) is 24.6 Å². The van der Waals surface area contributed by atoms with E-state index in [1.807, 2.05) is 0 Å². The van der Waals surface area contributed by atoms with E-state index in [1.54, 1.807) is 12.1 Å². The summed E-state index contributed by atoms with van der Waals surface area (Å²) in [4.78, 5) is 42.4. The fourth-order valence-corrected chi connectivity index (χ4v) is 1.74. The molecule has 0 atom stereocenters. The molecule has 0 radical (unpaired) electrons. The standard InChI is InChI=1S/C17H15N3O5/c1-24-17(23)12-2-4-13(5-3-12)20-15(21)11-25-16(22)7-6-14-10-18-8-9-19-14/h2-10H,11H2,1H3,(H,20,21)/b7-6+. The summed E-state index contributed by atoms with van der Waals surface area (Å²) in [7, 11) is 1.28. The molecule has 0 saturated heterocycles. The van der Waals surface area contributed by atoms with Crippen LogP contribution in [0.3, 0.4) is 0 Å². The van der Waals surface area contributed by atoms with Gasteiger partial charge in [0.15, 0.2) is 6.61 Å². The van der Waals surface area contributed by atoms with Crippen LogP contribution in [-0.4, -0.2) is 41.5 Å². The first-order chi connectivity index (χ1) is 12.1. The average molecular weight is 341 g/mol. The van der Waals surface area contributed by atoms with Crippen LogP contribution in [0.25, 0.3) is 6.08 Å². The van der Waals surface area contributed by atoms with Gasteiger partial charge in [-0.25, -0.2) is 9.59 Å². The molecule has 1 heterocycles. The van der Waals surface area contributed by atoms with Crippen LogP contribution in [0, 0.1) is 0 Å². The van der Waals surface area contributed by atoms with Gasteiger partial charge in [0.2, 0.25) is 0 Å². The summed E-state index contributed by atoms with van der Waals surface area (Å²) in [6.07, 6.45) is 7.07. The average Bonchev–Trinajstić information content (AvgIpc) is 2.65. The van der Waals surface area contributed by atoms with Crippen LogP contribution in [0.5, 0.6) is 0 Å². The molecule has 0 aliphatic rings. The molecule has 0 fully saturated rings. The second kappa shape index (κ2) is 8.92. The number of anilines is 1. The molecule has 25 heavy (non-hydrogen) atoms. The second-order valence-electron chi connectivity index (χ2n) is 4.69. The predicted octanol–water partition coefficient (Wildman–Crippen LogP) is 1.46. The Morgan fingerprint density at radius 2 is 1.92 bits per heavy atom. The quantitative estimate of drug-likeness (QED) is 0.626. The SMILES string of the molecule is COC(=O)c1ccc(NC(=O)COC(=O)/C=C/c2cnccn2)cc1.